The molecule has 128 valence electrons. The highest BCUT2D eigenvalue weighted by Gasteiger charge is 2.21. The van der Waals surface area contributed by atoms with Gasteiger partial charge in [-0.2, -0.15) is 0 Å². The summed E-state index contributed by atoms with van der Waals surface area (Å²) in [6.07, 6.45) is 3.66. The zero-order chi connectivity index (χ0) is 16.7. The summed E-state index contributed by atoms with van der Waals surface area (Å²) in [7, 11) is 0. The molecule has 1 atom stereocenters. The molecule has 1 saturated heterocycles. The first kappa shape index (κ1) is 17.5. The van der Waals surface area contributed by atoms with Crippen molar-refractivity contribution in [1.29, 1.82) is 0 Å². The molecule has 0 bridgehead atoms. The van der Waals surface area contributed by atoms with Crippen LogP contribution in [0.4, 0.5) is 11.6 Å². The number of carbonyl (C=O) groups excluding carboxylic acids is 1. The van der Waals surface area contributed by atoms with Crippen LogP contribution in [0.15, 0.2) is 12.4 Å². The Labute approximate surface area is 137 Å². The number of amides is 1. The van der Waals surface area contributed by atoms with E-state index in [1.165, 1.54) is 0 Å². The van der Waals surface area contributed by atoms with Gasteiger partial charge in [-0.15, -0.1) is 0 Å². The van der Waals surface area contributed by atoms with Gasteiger partial charge in [0.1, 0.15) is 18.0 Å². The molecule has 2 rings (SSSR count). The smallest absolute Gasteiger partial charge is 0.239 e. The third-order valence-electron chi connectivity index (χ3n) is 4.15. The number of aliphatic hydroxyl groups excluding tert-OH is 1. The minimum atomic E-state index is -0.00664. The Morgan fingerprint density at radius 3 is 3.00 bits per heavy atom. The summed E-state index contributed by atoms with van der Waals surface area (Å²) in [5.41, 5.74) is 0. The second-order valence-electron chi connectivity index (χ2n) is 5.84. The molecule has 1 fully saturated rings. The van der Waals surface area contributed by atoms with E-state index in [1.54, 1.807) is 6.33 Å². The number of aromatic nitrogens is 2. The topological polar surface area (TPSA) is 81.6 Å². The predicted octanol–water partition coefficient (Wildman–Crippen LogP) is 0.648. The fourth-order valence-electron chi connectivity index (χ4n) is 2.89. The molecule has 1 aliphatic heterocycles. The fourth-order valence-corrected chi connectivity index (χ4v) is 2.89. The number of anilines is 2. The number of likely N-dealkylation sites (N-methyl/N-ethyl adjacent to an activating group) is 2. The normalized spacial score (nSPS) is 17.9. The Hall–Kier alpha value is -1.89. The maximum Gasteiger partial charge on any atom is 0.239 e. The molecule has 2 heterocycles. The van der Waals surface area contributed by atoms with Gasteiger partial charge in [0.2, 0.25) is 5.91 Å². The van der Waals surface area contributed by atoms with E-state index in [0.29, 0.717) is 25.6 Å². The van der Waals surface area contributed by atoms with Crippen molar-refractivity contribution in [2.24, 2.45) is 5.92 Å². The SMILES string of the molecule is CCNC(=O)CN(CC)c1cc(N2CCCC(CO)C2)ncn1. The van der Waals surface area contributed by atoms with Crippen LogP contribution in [0, 0.1) is 5.92 Å². The highest BCUT2D eigenvalue weighted by molar-refractivity contribution is 5.81. The van der Waals surface area contributed by atoms with Crippen molar-refractivity contribution in [2.45, 2.75) is 26.7 Å². The van der Waals surface area contributed by atoms with E-state index in [4.69, 9.17) is 0 Å². The van der Waals surface area contributed by atoms with Gasteiger partial charge in [-0.05, 0) is 32.6 Å². The highest BCUT2D eigenvalue weighted by atomic mass is 16.3. The third kappa shape index (κ3) is 4.79. The molecule has 7 heteroatoms. The second kappa shape index (κ2) is 8.67. The Kier molecular flexibility index (Phi) is 6.58. The van der Waals surface area contributed by atoms with E-state index >= 15 is 0 Å². The summed E-state index contributed by atoms with van der Waals surface area (Å²) in [6.45, 7) is 7.50. The van der Waals surface area contributed by atoms with Crippen LogP contribution in [0.25, 0.3) is 0 Å². The molecule has 7 nitrogen and oxygen atoms in total. The summed E-state index contributed by atoms with van der Waals surface area (Å²) in [5, 5.41) is 12.2. The van der Waals surface area contributed by atoms with Crippen LogP contribution in [0.3, 0.4) is 0 Å². The first-order valence-corrected chi connectivity index (χ1v) is 8.37. The minimum Gasteiger partial charge on any atom is -0.396 e. The summed E-state index contributed by atoms with van der Waals surface area (Å²) in [6, 6.07) is 1.93. The molecular weight excluding hydrogens is 294 g/mol. The van der Waals surface area contributed by atoms with E-state index in [0.717, 1.165) is 37.6 Å². The molecule has 1 aliphatic rings. The van der Waals surface area contributed by atoms with Gasteiger partial charge in [0.05, 0.1) is 6.54 Å². The van der Waals surface area contributed by atoms with Gasteiger partial charge in [0, 0.05) is 38.9 Å². The van der Waals surface area contributed by atoms with Crippen molar-refractivity contribution in [1.82, 2.24) is 15.3 Å². The Morgan fingerprint density at radius 1 is 1.48 bits per heavy atom. The molecule has 2 N–H and O–H groups in total. The zero-order valence-electron chi connectivity index (χ0n) is 14.0. The van der Waals surface area contributed by atoms with Crippen molar-refractivity contribution in [3.63, 3.8) is 0 Å². The average molecular weight is 321 g/mol. The van der Waals surface area contributed by atoms with Crippen molar-refractivity contribution in [3.05, 3.63) is 12.4 Å². The van der Waals surface area contributed by atoms with E-state index in [9.17, 15) is 9.90 Å². The van der Waals surface area contributed by atoms with Gasteiger partial charge in [0.25, 0.3) is 0 Å². The van der Waals surface area contributed by atoms with Crippen LogP contribution >= 0.6 is 0 Å². The van der Waals surface area contributed by atoms with E-state index < -0.39 is 0 Å². The minimum absolute atomic E-state index is 0.00664. The zero-order valence-corrected chi connectivity index (χ0v) is 14.0. The van der Waals surface area contributed by atoms with Gasteiger partial charge in [-0.25, -0.2) is 9.97 Å². The van der Waals surface area contributed by atoms with Crippen LogP contribution in [-0.4, -0.2) is 60.3 Å². The summed E-state index contributed by atoms with van der Waals surface area (Å²) in [5.74, 6) is 1.92. The van der Waals surface area contributed by atoms with Crippen LogP contribution < -0.4 is 15.1 Å². The van der Waals surface area contributed by atoms with Crippen molar-refractivity contribution < 1.29 is 9.90 Å². The quantitative estimate of drug-likeness (QED) is 0.767. The lowest BCUT2D eigenvalue weighted by Gasteiger charge is -2.33. The summed E-state index contributed by atoms with van der Waals surface area (Å²) in [4.78, 5) is 24.6. The Morgan fingerprint density at radius 2 is 2.30 bits per heavy atom. The largest absolute Gasteiger partial charge is 0.396 e. The second-order valence-corrected chi connectivity index (χ2v) is 5.84. The van der Waals surface area contributed by atoms with E-state index in [2.05, 4.69) is 20.2 Å². The number of hydrogen-bond acceptors (Lipinski definition) is 6. The molecule has 0 saturated carbocycles. The first-order valence-electron chi connectivity index (χ1n) is 8.37. The Bertz CT molecular complexity index is 511. The molecule has 0 radical (unpaired) electrons. The van der Waals surface area contributed by atoms with E-state index in [1.807, 2.05) is 24.8 Å². The van der Waals surface area contributed by atoms with Crippen LogP contribution in [0.1, 0.15) is 26.7 Å². The number of piperidine rings is 1. The molecule has 1 aromatic rings. The van der Waals surface area contributed by atoms with Crippen LogP contribution in [0.2, 0.25) is 0 Å². The van der Waals surface area contributed by atoms with Gasteiger partial charge in [0.15, 0.2) is 0 Å². The standard InChI is InChI=1S/C16H27N5O2/c1-3-17-16(23)10-20(4-2)14-8-15(19-12-18-14)21-7-5-6-13(9-21)11-22/h8,12-13,22H,3-7,9-11H2,1-2H3,(H,17,23). The van der Waals surface area contributed by atoms with Gasteiger partial charge >= 0.3 is 0 Å². The van der Waals surface area contributed by atoms with Crippen LogP contribution in [-0.2, 0) is 4.79 Å². The van der Waals surface area contributed by atoms with Crippen LogP contribution in [0.5, 0.6) is 0 Å². The van der Waals surface area contributed by atoms with Gasteiger partial charge < -0.3 is 20.2 Å². The van der Waals surface area contributed by atoms with Crippen molar-refractivity contribution in [3.8, 4) is 0 Å². The number of rotatable bonds is 7. The number of aliphatic hydroxyl groups is 1. The molecule has 0 aliphatic carbocycles. The monoisotopic (exact) mass is 321 g/mol. The number of hydrogen-bond donors (Lipinski definition) is 2. The number of nitrogens with zero attached hydrogens (tertiary/aromatic N) is 4. The van der Waals surface area contributed by atoms with Gasteiger partial charge in [-0.3, -0.25) is 4.79 Å². The molecular formula is C16H27N5O2. The van der Waals surface area contributed by atoms with Crippen molar-refractivity contribution in [2.75, 3.05) is 49.1 Å². The lowest BCUT2D eigenvalue weighted by Crippen LogP contribution is -2.39. The highest BCUT2D eigenvalue weighted by Crippen LogP contribution is 2.23. The first-order chi connectivity index (χ1) is 11.2. The number of nitrogens with one attached hydrogen (secondary N) is 1. The molecule has 1 amide bonds. The molecule has 0 spiro atoms. The maximum absolute atomic E-state index is 11.8. The molecule has 1 unspecified atom stereocenters. The lowest BCUT2D eigenvalue weighted by molar-refractivity contribution is -0.119. The average Bonchev–Trinajstić information content (AvgIpc) is 2.60. The third-order valence-corrected chi connectivity index (χ3v) is 4.15. The molecule has 23 heavy (non-hydrogen) atoms. The maximum atomic E-state index is 11.8. The Balaban J connectivity index is 2.09. The summed E-state index contributed by atoms with van der Waals surface area (Å²) < 4.78 is 0. The predicted molar refractivity (Wildman–Crippen MR) is 90.6 cm³/mol. The van der Waals surface area contributed by atoms with E-state index in [-0.39, 0.29) is 12.5 Å². The summed E-state index contributed by atoms with van der Waals surface area (Å²) >= 11 is 0. The van der Waals surface area contributed by atoms with Gasteiger partial charge in [-0.1, -0.05) is 0 Å². The molecule has 0 aromatic carbocycles. The lowest BCUT2D eigenvalue weighted by atomic mass is 9.99. The molecule has 1 aromatic heterocycles. The van der Waals surface area contributed by atoms with Crippen molar-refractivity contribution >= 4 is 17.5 Å². The number of carbonyl (C=O) groups is 1. The fraction of sp³-hybridized carbons (Fsp3) is 0.688.